The highest BCUT2D eigenvalue weighted by atomic mass is 19.1. The number of benzene rings is 1. The van der Waals surface area contributed by atoms with Crippen LogP contribution in [-0.2, 0) is 14.3 Å². The van der Waals surface area contributed by atoms with E-state index in [9.17, 15) is 14.0 Å². The van der Waals surface area contributed by atoms with E-state index in [0.717, 1.165) is 6.07 Å². The third-order valence-electron chi connectivity index (χ3n) is 1.92. The summed E-state index contributed by atoms with van der Waals surface area (Å²) in [6, 6.07) is 5.37. The number of carboxylic acids is 1. The van der Waals surface area contributed by atoms with Gasteiger partial charge in [0.2, 0.25) is 5.91 Å². The van der Waals surface area contributed by atoms with Gasteiger partial charge in [0, 0.05) is 5.69 Å². The molecule has 17 heavy (non-hydrogen) atoms. The van der Waals surface area contributed by atoms with Gasteiger partial charge in [0.05, 0.1) is 0 Å². The Balaban J connectivity index is 2.42. The van der Waals surface area contributed by atoms with E-state index >= 15 is 0 Å². The zero-order valence-corrected chi connectivity index (χ0v) is 9.14. The maximum atomic E-state index is 12.8. The molecule has 1 rings (SSSR count). The highest BCUT2D eigenvalue weighted by Gasteiger charge is 2.13. The largest absolute Gasteiger partial charge is 0.479 e. The van der Waals surface area contributed by atoms with Gasteiger partial charge in [-0.25, -0.2) is 9.18 Å². The number of hydrogen-bond acceptors (Lipinski definition) is 3. The summed E-state index contributed by atoms with van der Waals surface area (Å²) in [6.07, 6.45) is -1.06. The Labute approximate surface area is 97.2 Å². The predicted molar refractivity (Wildman–Crippen MR) is 58.1 cm³/mol. The minimum Gasteiger partial charge on any atom is -0.479 e. The van der Waals surface area contributed by atoms with Crippen LogP contribution < -0.4 is 5.32 Å². The number of ether oxygens (including phenoxy) is 1. The van der Waals surface area contributed by atoms with Gasteiger partial charge in [-0.2, -0.15) is 0 Å². The first-order chi connectivity index (χ1) is 7.99. The molecule has 92 valence electrons. The third kappa shape index (κ3) is 4.60. The Kier molecular flexibility index (Phi) is 4.59. The van der Waals surface area contributed by atoms with Crippen LogP contribution in [0.5, 0.6) is 0 Å². The standard InChI is InChI=1S/C11H12FNO4/c1-7(11(15)16)17-6-10(14)13-9-4-2-3-8(12)5-9/h2-5,7H,6H2,1H3,(H,13,14)(H,15,16)/t7-/m0/s1. The molecule has 0 radical (unpaired) electrons. The highest BCUT2D eigenvalue weighted by molar-refractivity contribution is 5.91. The Morgan fingerprint density at radius 1 is 1.53 bits per heavy atom. The van der Waals surface area contributed by atoms with Crippen LogP contribution in [0.4, 0.5) is 10.1 Å². The molecular weight excluding hydrogens is 229 g/mol. The van der Waals surface area contributed by atoms with Crippen LogP contribution in [0.2, 0.25) is 0 Å². The van der Waals surface area contributed by atoms with Crippen LogP contribution in [0, 0.1) is 5.82 Å². The quantitative estimate of drug-likeness (QED) is 0.813. The number of carbonyl (C=O) groups is 2. The van der Waals surface area contributed by atoms with Crippen molar-refractivity contribution in [3.8, 4) is 0 Å². The van der Waals surface area contributed by atoms with Gasteiger partial charge in [-0.15, -0.1) is 0 Å². The second kappa shape index (κ2) is 5.95. The van der Waals surface area contributed by atoms with Gasteiger partial charge in [-0.3, -0.25) is 4.79 Å². The van der Waals surface area contributed by atoms with Crippen LogP contribution in [0.25, 0.3) is 0 Å². The number of carboxylic acid groups (broad SMARTS) is 1. The van der Waals surface area contributed by atoms with E-state index in [-0.39, 0.29) is 0 Å². The molecule has 0 aliphatic rings. The summed E-state index contributed by atoms with van der Waals surface area (Å²) in [5.41, 5.74) is 0.293. The molecule has 0 heterocycles. The number of anilines is 1. The molecule has 1 amide bonds. The molecule has 0 aliphatic carbocycles. The lowest BCUT2D eigenvalue weighted by Gasteiger charge is -2.08. The number of rotatable bonds is 5. The number of hydrogen-bond donors (Lipinski definition) is 2. The summed E-state index contributed by atoms with van der Waals surface area (Å²) in [7, 11) is 0. The zero-order valence-electron chi connectivity index (χ0n) is 9.14. The molecule has 0 unspecified atom stereocenters. The lowest BCUT2D eigenvalue weighted by molar-refractivity contribution is -0.150. The van der Waals surface area contributed by atoms with Crippen molar-refractivity contribution in [2.75, 3.05) is 11.9 Å². The normalized spacial score (nSPS) is 11.9. The lowest BCUT2D eigenvalue weighted by Crippen LogP contribution is -2.26. The fourth-order valence-electron chi connectivity index (χ4n) is 1.04. The van der Waals surface area contributed by atoms with Crippen LogP contribution in [0.3, 0.4) is 0 Å². The van der Waals surface area contributed by atoms with Crippen molar-refractivity contribution < 1.29 is 23.8 Å². The maximum absolute atomic E-state index is 12.8. The number of aliphatic carboxylic acids is 1. The molecule has 1 aromatic carbocycles. The maximum Gasteiger partial charge on any atom is 0.332 e. The molecule has 6 heteroatoms. The molecule has 1 atom stereocenters. The molecule has 0 aliphatic heterocycles. The molecule has 0 bridgehead atoms. The van der Waals surface area contributed by atoms with Gasteiger partial charge < -0.3 is 15.2 Å². The molecule has 0 saturated heterocycles. The fraction of sp³-hybridized carbons (Fsp3) is 0.273. The van der Waals surface area contributed by atoms with E-state index in [0.29, 0.717) is 5.69 Å². The molecule has 0 spiro atoms. The summed E-state index contributed by atoms with van der Waals surface area (Å²) in [6.45, 7) is 0.918. The minimum atomic E-state index is -1.15. The number of carbonyl (C=O) groups excluding carboxylic acids is 1. The lowest BCUT2D eigenvalue weighted by atomic mass is 10.3. The smallest absolute Gasteiger partial charge is 0.332 e. The van der Waals surface area contributed by atoms with Gasteiger partial charge in [0.25, 0.3) is 0 Å². The van der Waals surface area contributed by atoms with E-state index in [1.807, 2.05) is 0 Å². The van der Waals surface area contributed by atoms with Gasteiger partial charge in [-0.1, -0.05) is 6.07 Å². The van der Waals surface area contributed by atoms with E-state index in [2.05, 4.69) is 5.32 Å². The third-order valence-corrected chi connectivity index (χ3v) is 1.92. The summed E-state index contributed by atoms with van der Waals surface area (Å²) in [4.78, 5) is 21.7. The molecule has 5 nitrogen and oxygen atoms in total. The number of amides is 1. The molecule has 0 fully saturated rings. The van der Waals surface area contributed by atoms with E-state index in [1.54, 1.807) is 0 Å². The van der Waals surface area contributed by atoms with Gasteiger partial charge in [0.1, 0.15) is 12.4 Å². The zero-order chi connectivity index (χ0) is 12.8. The SMILES string of the molecule is C[C@H](OCC(=O)Nc1cccc(F)c1)C(=O)O. The van der Waals surface area contributed by atoms with Crippen molar-refractivity contribution in [1.82, 2.24) is 0 Å². The fourth-order valence-corrected chi connectivity index (χ4v) is 1.04. The molecule has 1 aromatic rings. The summed E-state index contributed by atoms with van der Waals surface area (Å²) in [5.74, 6) is -2.16. The molecular formula is C11H12FNO4. The number of nitrogens with one attached hydrogen (secondary N) is 1. The topological polar surface area (TPSA) is 75.6 Å². The van der Waals surface area contributed by atoms with E-state index in [4.69, 9.17) is 9.84 Å². The highest BCUT2D eigenvalue weighted by Crippen LogP contribution is 2.08. The second-order valence-corrected chi connectivity index (χ2v) is 3.35. The summed E-state index contributed by atoms with van der Waals surface area (Å²) >= 11 is 0. The van der Waals surface area contributed by atoms with Crippen molar-refractivity contribution in [1.29, 1.82) is 0 Å². The first-order valence-electron chi connectivity index (χ1n) is 4.89. The second-order valence-electron chi connectivity index (χ2n) is 3.35. The first-order valence-corrected chi connectivity index (χ1v) is 4.89. The van der Waals surface area contributed by atoms with Crippen LogP contribution in [0.15, 0.2) is 24.3 Å². The average molecular weight is 241 g/mol. The van der Waals surface area contributed by atoms with Crippen molar-refractivity contribution in [2.24, 2.45) is 0 Å². The summed E-state index contributed by atoms with van der Waals surface area (Å²) in [5, 5.41) is 10.9. The van der Waals surface area contributed by atoms with Crippen molar-refractivity contribution in [2.45, 2.75) is 13.0 Å². The first kappa shape index (κ1) is 13.1. The Bertz CT molecular complexity index is 422. The van der Waals surface area contributed by atoms with Gasteiger partial charge in [-0.05, 0) is 25.1 Å². The van der Waals surface area contributed by atoms with Crippen LogP contribution >= 0.6 is 0 Å². The van der Waals surface area contributed by atoms with E-state index < -0.39 is 30.4 Å². The van der Waals surface area contributed by atoms with Gasteiger partial charge in [0.15, 0.2) is 6.10 Å². The average Bonchev–Trinajstić information content (AvgIpc) is 2.25. The molecule has 2 N–H and O–H groups in total. The number of halogens is 1. The minimum absolute atomic E-state index is 0.293. The Morgan fingerprint density at radius 2 is 2.24 bits per heavy atom. The monoisotopic (exact) mass is 241 g/mol. The van der Waals surface area contributed by atoms with Crippen molar-refractivity contribution in [3.63, 3.8) is 0 Å². The van der Waals surface area contributed by atoms with Crippen LogP contribution in [0.1, 0.15) is 6.92 Å². The molecule has 0 aromatic heterocycles. The van der Waals surface area contributed by atoms with Crippen molar-refractivity contribution >= 4 is 17.6 Å². The Hall–Kier alpha value is -1.95. The van der Waals surface area contributed by atoms with Crippen LogP contribution in [-0.4, -0.2) is 29.7 Å². The van der Waals surface area contributed by atoms with Gasteiger partial charge >= 0.3 is 5.97 Å². The van der Waals surface area contributed by atoms with E-state index in [1.165, 1.54) is 25.1 Å². The molecule has 0 saturated carbocycles. The predicted octanol–water partition coefficient (Wildman–Crippen LogP) is 1.25. The Morgan fingerprint density at radius 3 is 2.82 bits per heavy atom. The summed E-state index contributed by atoms with van der Waals surface area (Å²) < 4.78 is 17.5. The van der Waals surface area contributed by atoms with Crippen molar-refractivity contribution in [3.05, 3.63) is 30.1 Å².